The number of benzene rings is 2. The molecule has 28 heavy (non-hydrogen) atoms. The quantitative estimate of drug-likeness (QED) is 0.211. The van der Waals surface area contributed by atoms with Gasteiger partial charge in [-0.05, 0) is 48.9 Å². The van der Waals surface area contributed by atoms with Crippen LogP contribution in [-0.4, -0.2) is 39.3 Å². The molecule has 0 amide bonds. The van der Waals surface area contributed by atoms with E-state index in [1.807, 2.05) is 12.1 Å². The van der Waals surface area contributed by atoms with E-state index in [-0.39, 0.29) is 29.8 Å². The smallest absolute Gasteiger partial charge is 0.190 e. The maximum atomic E-state index is 13.2. The van der Waals surface area contributed by atoms with Crippen molar-refractivity contribution in [3.8, 4) is 0 Å². The fourth-order valence-electron chi connectivity index (χ4n) is 2.71. The van der Waals surface area contributed by atoms with Crippen molar-refractivity contribution in [3.63, 3.8) is 0 Å². The van der Waals surface area contributed by atoms with Crippen LogP contribution in [0.15, 0.2) is 59.6 Å². The molecule has 0 fully saturated rings. The first-order valence-corrected chi connectivity index (χ1v) is 9.58. The van der Waals surface area contributed by atoms with Crippen molar-refractivity contribution in [2.75, 3.05) is 33.4 Å². The highest BCUT2D eigenvalue weighted by Gasteiger charge is 1.99. The first-order valence-electron chi connectivity index (χ1n) is 9.58. The van der Waals surface area contributed by atoms with Crippen molar-refractivity contribution < 1.29 is 9.13 Å². The maximum Gasteiger partial charge on any atom is 0.190 e. The first kappa shape index (κ1) is 24.4. The Morgan fingerprint density at radius 2 is 1.64 bits per heavy atom. The monoisotopic (exact) mass is 499 g/mol. The second kappa shape index (κ2) is 15.3. The van der Waals surface area contributed by atoms with Gasteiger partial charge in [0.25, 0.3) is 0 Å². The molecule has 0 radical (unpaired) electrons. The molecule has 0 aliphatic carbocycles. The predicted octanol–water partition coefficient (Wildman–Crippen LogP) is 4.19. The lowest BCUT2D eigenvalue weighted by molar-refractivity contribution is 0.133. The van der Waals surface area contributed by atoms with Crippen LogP contribution in [0.25, 0.3) is 0 Å². The molecule has 0 spiro atoms. The van der Waals surface area contributed by atoms with Crippen LogP contribution < -0.4 is 10.6 Å². The van der Waals surface area contributed by atoms with E-state index >= 15 is 0 Å². The molecule has 6 heteroatoms. The molecule has 2 rings (SSSR count). The summed E-state index contributed by atoms with van der Waals surface area (Å²) >= 11 is 0. The molecule has 2 aromatic rings. The molecule has 0 atom stereocenters. The van der Waals surface area contributed by atoms with Crippen LogP contribution >= 0.6 is 24.0 Å². The zero-order valence-corrected chi connectivity index (χ0v) is 18.8. The van der Waals surface area contributed by atoms with Gasteiger partial charge in [-0.2, -0.15) is 0 Å². The summed E-state index contributed by atoms with van der Waals surface area (Å²) in [6.07, 6.45) is 3.76. The minimum absolute atomic E-state index is 0. The number of ether oxygens (including phenoxy) is 1. The minimum Gasteiger partial charge on any atom is -0.381 e. The summed E-state index contributed by atoms with van der Waals surface area (Å²) in [5.41, 5.74) is 2.29. The van der Waals surface area contributed by atoms with Crippen molar-refractivity contribution in [1.82, 2.24) is 10.6 Å². The summed E-state index contributed by atoms with van der Waals surface area (Å²) in [5.74, 6) is 0.581. The Morgan fingerprint density at radius 3 is 2.39 bits per heavy atom. The van der Waals surface area contributed by atoms with Crippen LogP contribution in [-0.2, 0) is 17.6 Å². The van der Waals surface area contributed by atoms with Gasteiger partial charge in [0.1, 0.15) is 5.82 Å². The third-order valence-electron chi connectivity index (χ3n) is 4.20. The average molecular weight is 499 g/mol. The van der Waals surface area contributed by atoms with Crippen LogP contribution in [0.3, 0.4) is 0 Å². The van der Waals surface area contributed by atoms with Gasteiger partial charge in [0.15, 0.2) is 5.96 Å². The van der Waals surface area contributed by atoms with Crippen LogP contribution in [0, 0.1) is 5.82 Å². The molecule has 0 aromatic heterocycles. The molecule has 0 saturated carbocycles. The molecular formula is C22H31FIN3O. The molecule has 0 unspecified atom stereocenters. The number of rotatable bonds is 11. The Labute approximate surface area is 185 Å². The number of nitrogens with one attached hydrogen (secondary N) is 2. The lowest BCUT2D eigenvalue weighted by Gasteiger charge is -2.12. The second-order valence-electron chi connectivity index (χ2n) is 6.36. The largest absolute Gasteiger partial charge is 0.381 e. The summed E-state index contributed by atoms with van der Waals surface area (Å²) in [6.45, 7) is 3.11. The van der Waals surface area contributed by atoms with E-state index in [2.05, 4.69) is 39.9 Å². The number of unbranched alkanes of at least 4 members (excludes halogenated alkanes) is 1. The molecule has 0 aliphatic heterocycles. The van der Waals surface area contributed by atoms with Gasteiger partial charge in [0.2, 0.25) is 0 Å². The van der Waals surface area contributed by atoms with Gasteiger partial charge in [-0.1, -0.05) is 42.5 Å². The van der Waals surface area contributed by atoms with Crippen molar-refractivity contribution in [1.29, 1.82) is 0 Å². The third kappa shape index (κ3) is 10.6. The predicted molar refractivity (Wildman–Crippen MR) is 125 cm³/mol. The van der Waals surface area contributed by atoms with E-state index in [0.29, 0.717) is 6.54 Å². The van der Waals surface area contributed by atoms with Gasteiger partial charge in [0, 0.05) is 26.7 Å². The summed E-state index contributed by atoms with van der Waals surface area (Å²) in [4.78, 5) is 4.21. The zero-order chi connectivity index (χ0) is 19.2. The molecule has 2 N–H and O–H groups in total. The van der Waals surface area contributed by atoms with Gasteiger partial charge in [-0.15, -0.1) is 24.0 Å². The van der Waals surface area contributed by atoms with E-state index in [1.54, 1.807) is 19.2 Å². The third-order valence-corrected chi connectivity index (χ3v) is 4.20. The topological polar surface area (TPSA) is 45.7 Å². The van der Waals surface area contributed by atoms with Crippen molar-refractivity contribution in [2.24, 2.45) is 4.99 Å². The minimum atomic E-state index is -0.194. The highest BCUT2D eigenvalue weighted by atomic mass is 127. The molecule has 154 valence electrons. The van der Waals surface area contributed by atoms with Crippen molar-refractivity contribution in [2.45, 2.75) is 25.7 Å². The van der Waals surface area contributed by atoms with E-state index in [1.165, 1.54) is 11.6 Å². The highest BCUT2D eigenvalue weighted by molar-refractivity contribution is 14.0. The van der Waals surface area contributed by atoms with Crippen molar-refractivity contribution >= 4 is 29.9 Å². The lowest BCUT2D eigenvalue weighted by Crippen LogP contribution is -2.38. The van der Waals surface area contributed by atoms with Gasteiger partial charge >= 0.3 is 0 Å². The van der Waals surface area contributed by atoms with Crippen LogP contribution in [0.2, 0.25) is 0 Å². The summed E-state index contributed by atoms with van der Waals surface area (Å²) in [7, 11) is 1.75. The Bertz CT molecular complexity index is 682. The Hall–Kier alpha value is -1.67. The van der Waals surface area contributed by atoms with Gasteiger partial charge < -0.3 is 15.4 Å². The SMILES string of the molecule is CN=C(NCCCCOCCc1ccccc1)NCCc1cccc(F)c1.I. The van der Waals surface area contributed by atoms with Crippen molar-refractivity contribution in [3.05, 3.63) is 71.5 Å². The number of hydrogen-bond acceptors (Lipinski definition) is 2. The van der Waals surface area contributed by atoms with Crippen LogP contribution in [0.5, 0.6) is 0 Å². The number of halogens is 2. The standard InChI is InChI=1S/C22H30FN3O.HI/c1-24-22(26-15-12-20-10-7-11-21(23)18-20)25-14-5-6-16-27-17-13-19-8-3-2-4-9-19;/h2-4,7-11,18H,5-6,12-17H2,1H3,(H2,24,25,26);1H. The summed E-state index contributed by atoms with van der Waals surface area (Å²) < 4.78 is 18.8. The van der Waals surface area contributed by atoms with E-state index in [4.69, 9.17) is 4.74 Å². The number of guanidine groups is 1. The summed E-state index contributed by atoms with van der Waals surface area (Å²) in [6, 6.07) is 17.1. The lowest BCUT2D eigenvalue weighted by atomic mass is 10.1. The zero-order valence-electron chi connectivity index (χ0n) is 16.5. The van der Waals surface area contributed by atoms with E-state index in [0.717, 1.165) is 57.0 Å². The fourth-order valence-corrected chi connectivity index (χ4v) is 2.71. The summed E-state index contributed by atoms with van der Waals surface area (Å²) in [5, 5.41) is 6.55. The van der Waals surface area contributed by atoms with Gasteiger partial charge in [0.05, 0.1) is 6.61 Å². The molecule has 0 bridgehead atoms. The van der Waals surface area contributed by atoms with E-state index in [9.17, 15) is 4.39 Å². The number of hydrogen-bond donors (Lipinski definition) is 2. The van der Waals surface area contributed by atoms with Crippen LogP contribution in [0.4, 0.5) is 4.39 Å². The fraction of sp³-hybridized carbons (Fsp3) is 0.409. The normalized spacial score (nSPS) is 11.0. The Kier molecular flexibility index (Phi) is 13.3. The molecule has 0 heterocycles. The first-order chi connectivity index (χ1) is 13.3. The second-order valence-corrected chi connectivity index (χ2v) is 6.36. The Morgan fingerprint density at radius 1 is 0.893 bits per heavy atom. The van der Waals surface area contributed by atoms with Gasteiger partial charge in [-0.25, -0.2) is 4.39 Å². The molecule has 0 aliphatic rings. The number of nitrogens with zero attached hydrogens (tertiary/aromatic N) is 1. The maximum absolute atomic E-state index is 13.2. The highest BCUT2D eigenvalue weighted by Crippen LogP contribution is 2.03. The number of aliphatic imine (C=N–C) groups is 1. The van der Waals surface area contributed by atoms with Gasteiger partial charge in [-0.3, -0.25) is 4.99 Å². The molecule has 2 aromatic carbocycles. The molecule has 4 nitrogen and oxygen atoms in total. The van der Waals surface area contributed by atoms with Crippen LogP contribution in [0.1, 0.15) is 24.0 Å². The molecular weight excluding hydrogens is 468 g/mol. The molecule has 0 saturated heterocycles. The average Bonchev–Trinajstić information content (AvgIpc) is 2.69. The Balaban J connectivity index is 0.00000392. The van der Waals surface area contributed by atoms with E-state index < -0.39 is 0 Å².